The third-order valence-corrected chi connectivity index (χ3v) is 2.67. The smallest absolute Gasteiger partial charge is 0.273 e. The van der Waals surface area contributed by atoms with E-state index >= 15 is 0 Å². The molecule has 1 heterocycles. The summed E-state index contributed by atoms with van der Waals surface area (Å²) in [6, 6.07) is 4.37. The second-order valence-electron chi connectivity index (χ2n) is 3.82. The van der Waals surface area contributed by atoms with Crippen molar-refractivity contribution in [1.29, 1.82) is 0 Å². The molecule has 1 atom stereocenters. The molecule has 6 nitrogen and oxygen atoms in total. The minimum atomic E-state index is -0.455. The Labute approximate surface area is 98.7 Å². The molecule has 0 unspecified atom stereocenters. The van der Waals surface area contributed by atoms with Crippen LogP contribution in [0.3, 0.4) is 0 Å². The molecule has 0 aromatic heterocycles. The van der Waals surface area contributed by atoms with E-state index < -0.39 is 4.92 Å². The predicted molar refractivity (Wildman–Crippen MR) is 61.6 cm³/mol. The maximum atomic E-state index is 10.6. The predicted octanol–water partition coefficient (Wildman–Crippen LogP) is 1.34. The number of hydrogen-bond donors (Lipinski definition) is 1. The SMILES string of the molecule is COc1cc([N+](=O)[O-])ccc1O[C@@H]1CCNC1. The molecule has 1 aliphatic rings. The van der Waals surface area contributed by atoms with Gasteiger partial charge in [0.05, 0.1) is 18.1 Å². The number of non-ortho nitro benzene ring substituents is 1. The zero-order valence-corrected chi connectivity index (χ0v) is 9.51. The Balaban J connectivity index is 2.18. The van der Waals surface area contributed by atoms with E-state index in [0.717, 1.165) is 19.5 Å². The lowest BCUT2D eigenvalue weighted by molar-refractivity contribution is -0.385. The summed E-state index contributed by atoms with van der Waals surface area (Å²) >= 11 is 0. The first kappa shape index (κ1) is 11.7. The summed E-state index contributed by atoms with van der Waals surface area (Å²) in [7, 11) is 1.47. The van der Waals surface area contributed by atoms with E-state index in [-0.39, 0.29) is 11.8 Å². The van der Waals surface area contributed by atoms with Gasteiger partial charge in [-0.1, -0.05) is 0 Å². The van der Waals surface area contributed by atoms with Gasteiger partial charge in [0.2, 0.25) is 0 Å². The number of ether oxygens (including phenoxy) is 2. The number of methoxy groups -OCH3 is 1. The Kier molecular flexibility index (Phi) is 3.43. The average molecular weight is 238 g/mol. The number of hydrogen-bond acceptors (Lipinski definition) is 5. The molecule has 0 radical (unpaired) electrons. The van der Waals surface area contributed by atoms with Gasteiger partial charge in [0, 0.05) is 12.6 Å². The van der Waals surface area contributed by atoms with Gasteiger partial charge in [-0.2, -0.15) is 0 Å². The van der Waals surface area contributed by atoms with Crippen molar-refractivity contribution in [1.82, 2.24) is 5.32 Å². The molecule has 1 fully saturated rings. The van der Waals surface area contributed by atoms with Gasteiger partial charge in [-0.25, -0.2) is 0 Å². The fraction of sp³-hybridized carbons (Fsp3) is 0.455. The largest absolute Gasteiger partial charge is 0.493 e. The molecule has 0 bridgehead atoms. The quantitative estimate of drug-likeness (QED) is 0.633. The topological polar surface area (TPSA) is 73.6 Å². The number of benzene rings is 1. The third-order valence-electron chi connectivity index (χ3n) is 2.67. The Hall–Kier alpha value is -1.82. The Morgan fingerprint density at radius 1 is 1.47 bits per heavy atom. The van der Waals surface area contributed by atoms with Gasteiger partial charge in [0.25, 0.3) is 5.69 Å². The van der Waals surface area contributed by atoms with Crippen molar-refractivity contribution in [3.05, 3.63) is 28.3 Å². The number of rotatable bonds is 4. The van der Waals surface area contributed by atoms with E-state index in [1.807, 2.05) is 0 Å². The van der Waals surface area contributed by atoms with Gasteiger partial charge in [0.1, 0.15) is 6.10 Å². The molecule has 0 spiro atoms. The fourth-order valence-corrected chi connectivity index (χ4v) is 1.78. The van der Waals surface area contributed by atoms with E-state index in [9.17, 15) is 10.1 Å². The average Bonchev–Trinajstić information content (AvgIpc) is 2.82. The molecule has 92 valence electrons. The zero-order valence-electron chi connectivity index (χ0n) is 9.51. The first-order chi connectivity index (χ1) is 8.20. The van der Waals surface area contributed by atoms with Crippen LogP contribution in [0.25, 0.3) is 0 Å². The van der Waals surface area contributed by atoms with Crippen molar-refractivity contribution in [3.63, 3.8) is 0 Å². The van der Waals surface area contributed by atoms with Gasteiger partial charge >= 0.3 is 0 Å². The summed E-state index contributed by atoms with van der Waals surface area (Å²) < 4.78 is 10.8. The number of nitro groups is 1. The molecule has 1 N–H and O–H groups in total. The summed E-state index contributed by atoms with van der Waals surface area (Å²) in [5, 5.41) is 13.8. The molecular formula is C11H14N2O4. The maximum Gasteiger partial charge on any atom is 0.273 e. The molecule has 1 aromatic carbocycles. The molecule has 17 heavy (non-hydrogen) atoms. The molecule has 2 rings (SSSR count). The first-order valence-corrected chi connectivity index (χ1v) is 5.40. The highest BCUT2D eigenvalue weighted by Crippen LogP contribution is 2.32. The van der Waals surface area contributed by atoms with Crippen LogP contribution in [0.2, 0.25) is 0 Å². The van der Waals surface area contributed by atoms with Gasteiger partial charge < -0.3 is 14.8 Å². The van der Waals surface area contributed by atoms with Crippen LogP contribution in [0.4, 0.5) is 5.69 Å². The van der Waals surface area contributed by atoms with Crippen molar-refractivity contribution in [2.75, 3.05) is 20.2 Å². The van der Waals surface area contributed by atoms with Crippen LogP contribution in [-0.4, -0.2) is 31.2 Å². The van der Waals surface area contributed by atoms with Crippen LogP contribution in [0, 0.1) is 10.1 Å². The second kappa shape index (κ2) is 5.01. The molecule has 6 heteroatoms. The Bertz CT molecular complexity index is 416. The van der Waals surface area contributed by atoms with E-state index in [2.05, 4.69) is 5.32 Å². The van der Waals surface area contributed by atoms with Crippen LogP contribution >= 0.6 is 0 Å². The Morgan fingerprint density at radius 2 is 2.29 bits per heavy atom. The van der Waals surface area contributed by atoms with Crippen LogP contribution in [0.15, 0.2) is 18.2 Å². The van der Waals surface area contributed by atoms with E-state index in [1.54, 1.807) is 6.07 Å². The lowest BCUT2D eigenvalue weighted by Crippen LogP contribution is -2.19. The zero-order chi connectivity index (χ0) is 12.3. The summed E-state index contributed by atoms with van der Waals surface area (Å²) in [5.41, 5.74) is -0.00116. The highest BCUT2D eigenvalue weighted by atomic mass is 16.6. The minimum absolute atomic E-state index is 0.00116. The van der Waals surface area contributed by atoms with E-state index in [4.69, 9.17) is 9.47 Å². The molecule has 1 saturated heterocycles. The molecular weight excluding hydrogens is 224 g/mol. The van der Waals surface area contributed by atoms with E-state index in [1.165, 1.54) is 19.2 Å². The third kappa shape index (κ3) is 2.65. The molecule has 0 saturated carbocycles. The van der Waals surface area contributed by atoms with Crippen molar-refractivity contribution < 1.29 is 14.4 Å². The molecule has 1 aliphatic heterocycles. The van der Waals surface area contributed by atoms with Gasteiger partial charge in [-0.05, 0) is 19.0 Å². The van der Waals surface area contributed by atoms with Crippen LogP contribution < -0.4 is 14.8 Å². The monoisotopic (exact) mass is 238 g/mol. The van der Waals surface area contributed by atoms with E-state index in [0.29, 0.717) is 11.5 Å². The van der Waals surface area contributed by atoms with Gasteiger partial charge in [-0.3, -0.25) is 10.1 Å². The number of nitro benzene ring substituents is 1. The maximum absolute atomic E-state index is 10.6. The number of nitrogens with zero attached hydrogens (tertiary/aromatic N) is 1. The lowest BCUT2D eigenvalue weighted by Gasteiger charge is -2.14. The van der Waals surface area contributed by atoms with Crippen molar-refractivity contribution in [2.24, 2.45) is 0 Å². The normalized spacial score (nSPS) is 19.0. The summed E-state index contributed by atoms with van der Waals surface area (Å²) in [5.74, 6) is 0.943. The highest BCUT2D eigenvalue weighted by molar-refractivity contribution is 5.48. The van der Waals surface area contributed by atoms with Gasteiger partial charge in [0.15, 0.2) is 11.5 Å². The van der Waals surface area contributed by atoms with Crippen LogP contribution in [0.5, 0.6) is 11.5 Å². The van der Waals surface area contributed by atoms with Crippen LogP contribution in [-0.2, 0) is 0 Å². The summed E-state index contributed by atoms with van der Waals surface area (Å²) in [4.78, 5) is 10.2. The van der Waals surface area contributed by atoms with Crippen molar-refractivity contribution in [2.45, 2.75) is 12.5 Å². The summed E-state index contributed by atoms with van der Waals surface area (Å²) in [6.07, 6.45) is 1.03. The van der Waals surface area contributed by atoms with Crippen LogP contribution in [0.1, 0.15) is 6.42 Å². The molecule has 0 amide bonds. The minimum Gasteiger partial charge on any atom is -0.493 e. The number of nitrogens with one attached hydrogen (secondary N) is 1. The highest BCUT2D eigenvalue weighted by Gasteiger charge is 2.19. The molecule has 1 aromatic rings. The first-order valence-electron chi connectivity index (χ1n) is 5.40. The van der Waals surface area contributed by atoms with Crippen molar-refractivity contribution >= 4 is 5.69 Å². The van der Waals surface area contributed by atoms with Crippen molar-refractivity contribution in [3.8, 4) is 11.5 Å². The summed E-state index contributed by atoms with van der Waals surface area (Å²) in [6.45, 7) is 1.72. The second-order valence-corrected chi connectivity index (χ2v) is 3.82. The standard InChI is InChI=1S/C11H14N2O4/c1-16-11-6-8(13(14)15)2-3-10(11)17-9-4-5-12-7-9/h2-3,6,9,12H,4-5,7H2,1H3/t9-/m1/s1. The van der Waals surface area contributed by atoms with Gasteiger partial charge in [-0.15, -0.1) is 0 Å². The molecule has 0 aliphatic carbocycles. The Morgan fingerprint density at radius 3 is 2.88 bits per heavy atom. The lowest BCUT2D eigenvalue weighted by atomic mass is 10.2. The fourth-order valence-electron chi connectivity index (χ4n) is 1.78.